The van der Waals surface area contributed by atoms with E-state index in [0.717, 1.165) is 18.4 Å². The molecule has 9 heteroatoms. The summed E-state index contributed by atoms with van der Waals surface area (Å²) in [6.45, 7) is 0.224. The Bertz CT molecular complexity index is 634. The summed E-state index contributed by atoms with van der Waals surface area (Å²) >= 11 is 0. The first-order valence-corrected chi connectivity index (χ1v) is 9.32. The summed E-state index contributed by atoms with van der Waals surface area (Å²) in [5, 5.41) is 5.18. The summed E-state index contributed by atoms with van der Waals surface area (Å²) in [6.07, 6.45) is 0.250. The number of carbonyl (C=O) groups excluding carboxylic acids is 1. The molecule has 2 rings (SSSR count). The number of amides is 2. The minimum atomic E-state index is -4.37. The summed E-state index contributed by atoms with van der Waals surface area (Å²) in [6, 6.07) is 4.67. The number of ether oxygens (including phenoxy) is 3. The Balaban J connectivity index is 1.80. The second kappa shape index (κ2) is 10.4. The molecule has 2 N–H and O–H groups in total. The fourth-order valence-electron chi connectivity index (χ4n) is 2.99. The third kappa shape index (κ3) is 7.46. The van der Waals surface area contributed by atoms with Crippen molar-refractivity contribution < 1.29 is 32.2 Å². The van der Waals surface area contributed by atoms with Crippen LogP contribution in [-0.2, 0) is 4.74 Å². The lowest BCUT2D eigenvalue weighted by molar-refractivity contribution is -0.173. The van der Waals surface area contributed by atoms with E-state index in [0.29, 0.717) is 11.5 Å². The van der Waals surface area contributed by atoms with Crippen LogP contribution in [0.3, 0.4) is 0 Å². The molecule has 1 saturated carbocycles. The Kier molecular flexibility index (Phi) is 8.22. The molecule has 2 amide bonds. The van der Waals surface area contributed by atoms with Crippen LogP contribution in [0.25, 0.3) is 0 Å². The highest BCUT2D eigenvalue weighted by atomic mass is 19.4. The van der Waals surface area contributed by atoms with E-state index in [1.165, 1.54) is 12.8 Å². The molecule has 158 valence electrons. The van der Waals surface area contributed by atoms with Gasteiger partial charge in [-0.15, -0.1) is 0 Å². The first-order chi connectivity index (χ1) is 13.3. The molecule has 0 heterocycles. The number of nitrogens with one attached hydrogen (secondary N) is 2. The van der Waals surface area contributed by atoms with Crippen molar-refractivity contribution in [3.63, 3.8) is 0 Å². The van der Waals surface area contributed by atoms with Crippen molar-refractivity contribution in [1.82, 2.24) is 10.6 Å². The number of carbonyl (C=O) groups is 1. The quantitative estimate of drug-likeness (QED) is 0.612. The largest absolute Gasteiger partial charge is 0.493 e. The van der Waals surface area contributed by atoms with Gasteiger partial charge in [0.05, 0.1) is 25.9 Å². The van der Waals surface area contributed by atoms with E-state index in [1.807, 2.05) is 18.2 Å². The molecule has 1 fully saturated rings. The molecule has 0 spiro atoms. The van der Waals surface area contributed by atoms with E-state index in [-0.39, 0.29) is 25.3 Å². The van der Waals surface area contributed by atoms with E-state index < -0.39 is 18.8 Å². The van der Waals surface area contributed by atoms with Gasteiger partial charge in [-0.3, -0.25) is 0 Å². The standard InChI is InChI=1S/C19H27F3N2O4/c1-13(24-18(25)23-9-10-27-12-19(20,21)22)14-7-8-16(17(11-14)26-2)28-15-5-3-4-6-15/h7-8,11,13,15H,3-6,9-10,12H2,1-2H3,(H2,23,24,25). The maximum Gasteiger partial charge on any atom is 0.411 e. The lowest BCUT2D eigenvalue weighted by Gasteiger charge is -2.19. The first kappa shape index (κ1) is 22.1. The minimum Gasteiger partial charge on any atom is -0.493 e. The third-order valence-electron chi connectivity index (χ3n) is 4.43. The van der Waals surface area contributed by atoms with Gasteiger partial charge in [0.2, 0.25) is 0 Å². The second-order valence-electron chi connectivity index (χ2n) is 6.72. The van der Waals surface area contributed by atoms with E-state index in [4.69, 9.17) is 9.47 Å². The molecule has 1 atom stereocenters. The van der Waals surface area contributed by atoms with Crippen LogP contribution in [0.4, 0.5) is 18.0 Å². The van der Waals surface area contributed by atoms with Crippen LogP contribution >= 0.6 is 0 Å². The van der Waals surface area contributed by atoms with Gasteiger partial charge in [-0.25, -0.2) is 4.79 Å². The van der Waals surface area contributed by atoms with Crippen LogP contribution in [0.1, 0.15) is 44.2 Å². The predicted octanol–water partition coefficient (Wildman–Crippen LogP) is 3.96. The molecule has 6 nitrogen and oxygen atoms in total. The molecule has 1 aliphatic rings. The van der Waals surface area contributed by atoms with Crippen LogP contribution in [0.2, 0.25) is 0 Å². The molecule has 28 heavy (non-hydrogen) atoms. The van der Waals surface area contributed by atoms with Gasteiger partial charge in [-0.05, 0) is 50.3 Å². The van der Waals surface area contributed by atoms with Gasteiger partial charge in [-0.1, -0.05) is 6.07 Å². The lowest BCUT2D eigenvalue weighted by Crippen LogP contribution is -2.38. The van der Waals surface area contributed by atoms with Gasteiger partial charge in [-0.2, -0.15) is 13.2 Å². The summed E-state index contributed by atoms with van der Waals surface area (Å²) < 4.78 is 51.7. The molecule has 0 aliphatic heterocycles. The van der Waals surface area contributed by atoms with Gasteiger partial charge in [0.15, 0.2) is 11.5 Å². The number of benzene rings is 1. The summed E-state index contributed by atoms with van der Waals surface area (Å²) in [7, 11) is 1.56. The average Bonchev–Trinajstić information content (AvgIpc) is 3.13. The summed E-state index contributed by atoms with van der Waals surface area (Å²) in [5.41, 5.74) is 0.819. The highest BCUT2D eigenvalue weighted by Crippen LogP contribution is 2.33. The van der Waals surface area contributed by atoms with E-state index in [2.05, 4.69) is 15.4 Å². The predicted molar refractivity (Wildman–Crippen MR) is 97.7 cm³/mol. The Hall–Kier alpha value is -2.16. The maximum atomic E-state index is 12.0. The normalized spacial score (nSPS) is 15.9. The van der Waals surface area contributed by atoms with Crippen LogP contribution in [0.5, 0.6) is 11.5 Å². The Labute approximate surface area is 162 Å². The van der Waals surface area contributed by atoms with Crippen LogP contribution in [0.15, 0.2) is 18.2 Å². The van der Waals surface area contributed by atoms with Crippen molar-refractivity contribution in [2.75, 3.05) is 26.9 Å². The molecule has 0 saturated heterocycles. The zero-order valence-corrected chi connectivity index (χ0v) is 16.1. The van der Waals surface area contributed by atoms with Crippen molar-refractivity contribution in [2.45, 2.75) is 50.9 Å². The van der Waals surface area contributed by atoms with Crippen molar-refractivity contribution in [2.24, 2.45) is 0 Å². The topological polar surface area (TPSA) is 68.8 Å². The Morgan fingerprint density at radius 1 is 1.25 bits per heavy atom. The van der Waals surface area contributed by atoms with Gasteiger partial charge in [0.1, 0.15) is 6.61 Å². The highest BCUT2D eigenvalue weighted by molar-refractivity contribution is 5.74. The van der Waals surface area contributed by atoms with Crippen LogP contribution in [0, 0.1) is 0 Å². The van der Waals surface area contributed by atoms with Crippen molar-refractivity contribution >= 4 is 6.03 Å². The van der Waals surface area contributed by atoms with Gasteiger partial charge in [0.25, 0.3) is 0 Å². The van der Waals surface area contributed by atoms with Crippen molar-refractivity contribution in [3.8, 4) is 11.5 Å². The Morgan fingerprint density at radius 2 is 1.96 bits per heavy atom. The number of halogens is 3. The third-order valence-corrected chi connectivity index (χ3v) is 4.43. The smallest absolute Gasteiger partial charge is 0.411 e. The molecular formula is C19H27F3N2O4. The maximum absolute atomic E-state index is 12.0. The molecule has 1 aromatic carbocycles. The lowest BCUT2D eigenvalue weighted by atomic mass is 10.1. The number of hydrogen-bond donors (Lipinski definition) is 2. The monoisotopic (exact) mass is 404 g/mol. The van der Waals surface area contributed by atoms with Crippen LogP contribution < -0.4 is 20.1 Å². The van der Waals surface area contributed by atoms with Crippen molar-refractivity contribution in [1.29, 1.82) is 0 Å². The zero-order valence-electron chi connectivity index (χ0n) is 16.1. The van der Waals surface area contributed by atoms with Crippen molar-refractivity contribution in [3.05, 3.63) is 23.8 Å². The SMILES string of the molecule is COc1cc(C(C)NC(=O)NCCOCC(F)(F)F)ccc1OC1CCCC1. The van der Waals surface area contributed by atoms with Crippen LogP contribution in [-0.4, -0.2) is 45.2 Å². The van der Waals surface area contributed by atoms with E-state index >= 15 is 0 Å². The number of methoxy groups -OCH3 is 1. The fourth-order valence-corrected chi connectivity index (χ4v) is 2.99. The summed E-state index contributed by atoms with van der Waals surface area (Å²) in [5.74, 6) is 1.27. The minimum absolute atomic E-state index is 0.0217. The average molecular weight is 404 g/mol. The number of alkyl halides is 3. The van der Waals surface area contributed by atoms with E-state index in [9.17, 15) is 18.0 Å². The number of rotatable bonds is 9. The molecule has 1 aliphatic carbocycles. The van der Waals surface area contributed by atoms with Gasteiger partial charge in [0, 0.05) is 6.54 Å². The fraction of sp³-hybridized carbons (Fsp3) is 0.632. The van der Waals surface area contributed by atoms with Gasteiger partial charge < -0.3 is 24.8 Å². The first-order valence-electron chi connectivity index (χ1n) is 9.32. The summed E-state index contributed by atoms with van der Waals surface area (Å²) in [4.78, 5) is 11.9. The highest BCUT2D eigenvalue weighted by Gasteiger charge is 2.27. The molecule has 1 unspecified atom stereocenters. The number of urea groups is 1. The molecule has 0 radical (unpaired) electrons. The van der Waals surface area contributed by atoms with Gasteiger partial charge >= 0.3 is 12.2 Å². The Morgan fingerprint density at radius 3 is 2.61 bits per heavy atom. The molecule has 1 aromatic rings. The van der Waals surface area contributed by atoms with E-state index in [1.54, 1.807) is 14.0 Å². The second-order valence-corrected chi connectivity index (χ2v) is 6.72. The molecule has 0 bridgehead atoms. The molecular weight excluding hydrogens is 377 g/mol. The zero-order chi connectivity index (χ0) is 20.6. The number of hydrogen-bond acceptors (Lipinski definition) is 4. The molecule has 0 aromatic heterocycles.